The lowest BCUT2D eigenvalue weighted by Gasteiger charge is -2.14. The summed E-state index contributed by atoms with van der Waals surface area (Å²) in [5.74, 6) is -4.67. The van der Waals surface area contributed by atoms with Crippen LogP contribution in [0.2, 0.25) is 0 Å². The SMILES string of the molecule is O=C(C#Cc1ccccc1)C(F)(F)C(F)(F)F. The molecule has 0 aliphatic heterocycles. The van der Waals surface area contributed by atoms with Gasteiger partial charge in [0.2, 0.25) is 0 Å². The third kappa shape index (κ3) is 3.03. The minimum atomic E-state index is -5.92. The van der Waals surface area contributed by atoms with Crippen molar-refractivity contribution in [3.8, 4) is 11.8 Å². The number of ketones is 1. The first-order chi connectivity index (χ1) is 7.75. The van der Waals surface area contributed by atoms with E-state index in [0.717, 1.165) is 0 Å². The maximum absolute atomic E-state index is 12.4. The van der Waals surface area contributed by atoms with E-state index in [-0.39, 0.29) is 5.56 Å². The predicted molar refractivity (Wildman–Crippen MR) is 49.3 cm³/mol. The lowest BCUT2D eigenvalue weighted by atomic mass is 10.2. The smallest absolute Gasteiger partial charge is 0.278 e. The first kappa shape index (κ1) is 13.2. The predicted octanol–water partition coefficient (Wildman–Crippen LogP) is 2.80. The van der Waals surface area contributed by atoms with E-state index in [9.17, 15) is 26.7 Å². The normalized spacial score (nSPS) is 11.6. The maximum atomic E-state index is 12.4. The van der Waals surface area contributed by atoms with Crippen molar-refractivity contribution in [3.05, 3.63) is 35.9 Å². The summed E-state index contributed by atoms with van der Waals surface area (Å²) in [6.07, 6.45) is -5.92. The molecule has 0 unspecified atom stereocenters. The van der Waals surface area contributed by atoms with Crippen LogP contribution in [0.15, 0.2) is 30.3 Å². The number of Topliss-reactive ketones (excluding diaryl/α,β-unsaturated/α-hetero) is 1. The first-order valence-electron chi connectivity index (χ1n) is 4.31. The summed E-state index contributed by atoms with van der Waals surface area (Å²) >= 11 is 0. The molecule has 0 spiro atoms. The van der Waals surface area contributed by atoms with Crippen LogP contribution in [0.4, 0.5) is 22.0 Å². The van der Waals surface area contributed by atoms with Gasteiger partial charge in [0.05, 0.1) is 0 Å². The van der Waals surface area contributed by atoms with Gasteiger partial charge in [0.15, 0.2) is 0 Å². The molecular weight excluding hydrogens is 243 g/mol. The Morgan fingerprint density at radius 2 is 1.53 bits per heavy atom. The van der Waals surface area contributed by atoms with Gasteiger partial charge in [-0.05, 0) is 18.1 Å². The zero-order valence-corrected chi connectivity index (χ0v) is 8.18. The quantitative estimate of drug-likeness (QED) is 0.551. The summed E-state index contributed by atoms with van der Waals surface area (Å²) < 4.78 is 60.2. The molecular formula is C11H5F5O. The fourth-order valence-electron chi connectivity index (χ4n) is 0.858. The zero-order valence-electron chi connectivity index (χ0n) is 8.18. The molecule has 0 saturated carbocycles. The number of carbonyl (C=O) groups excluding carboxylic acids is 1. The molecule has 0 bridgehead atoms. The Kier molecular flexibility index (Phi) is 3.51. The highest BCUT2D eigenvalue weighted by Crippen LogP contribution is 2.35. The number of hydrogen-bond acceptors (Lipinski definition) is 1. The summed E-state index contributed by atoms with van der Waals surface area (Å²) in [6, 6.07) is 7.39. The van der Waals surface area contributed by atoms with Crippen molar-refractivity contribution in [3.63, 3.8) is 0 Å². The van der Waals surface area contributed by atoms with E-state index in [1.807, 2.05) is 5.92 Å². The molecule has 0 heterocycles. The summed E-state index contributed by atoms with van der Waals surface area (Å²) in [5.41, 5.74) is 0.179. The van der Waals surface area contributed by atoms with Crippen LogP contribution in [-0.4, -0.2) is 17.9 Å². The second kappa shape index (κ2) is 4.53. The highest BCUT2D eigenvalue weighted by atomic mass is 19.4. The van der Waals surface area contributed by atoms with Crippen LogP contribution >= 0.6 is 0 Å². The largest absolute Gasteiger partial charge is 0.462 e. The average molecular weight is 248 g/mol. The van der Waals surface area contributed by atoms with E-state index in [0.29, 0.717) is 0 Å². The van der Waals surface area contributed by atoms with Crippen molar-refractivity contribution in [2.24, 2.45) is 0 Å². The van der Waals surface area contributed by atoms with Gasteiger partial charge >= 0.3 is 12.1 Å². The van der Waals surface area contributed by atoms with E-state index >= 15 is 0 Å². The Labute approximate surface area is 93.2 Å². The van der Waals surface area contributed by atoms with Gasteiger partial charge < -0.3 is 0 Å². The zero-order chi connectivity index (χ0) is 13.1. The second-order valence-electron chi connectivity index (χ2n) is 3.02. The molecule has 90 valence electrons. The van der Waals surface area contributed by atoms with Gasteiger partial charge in [0.25, 0.3) is 5.78 Å². The fourth-order valence-corrected chi connectivity index (χ4v) is 0.858. The standard InChI is InChI=1S/C11H5F5O/c12-10(13,11(14,15)16)9(17)7-6-8-4-2-1-3-5-8/h1-5H. The number of carbonyl (C=O) groups is 1. The Bertz CT molecular complexity index is 464. The topological polar surface area (TPSA) is 17.1 Å². The molecule has 0 atom stereocenters. The molecule has 1 aromatic rings. The third-order valence-corrected chi connectivity index (χ3v) is 1.74. The van der Waals surface area contributed by atoms with Gasteiger partial charge in [-0.2, -0.15) is 22.0 Å². The highest BCUT2D eigenvalue weighted by Gasteiger charge is 2.62. The van der Waals surface area contributed by atoms with E-state index in [1.165, 1.54) is 30.2 Å². The van der Waals surface area contributed by atoms with Crippen molar-refractivity contribution in [2.45, 2.75) is 12.1 Å². The average Bonchev–Trinajstić information content (AvgIpc) is 2.25. The molecule has 0 fully saturated rings. The van der Waals surface area contributed by atoms with Crippen LogP contribution < -0.4 is 0 Å². The maximum Gasteiger partial charge on any atom is 0.462 e. The van der Waals surface area contributed by atoms with Crippen molar-refractivity contribution in [2.75, 3.05) is 0 Å². The van der Waals surface area contributed by atoms with Gasteiger partial charge in [-0.3, -0.25) is 4.79 Å². The lowest BCUT2D eigenvalue weighted by Crippen LogP contribution is -2.43. The van der Waals surface area contributed by atoms with Crippen molar-refractivity contribution >= 4 is 5.78 Å². The number of rotatable bonds is 1. The Morgan fingerprint density at radius 1 is 1.00 bits per heavy atom. The Hall–Kier alpha value is -1.90. The first-order valence-corrected chi connectivity index (χ1v) is 4.31. The molecule has 0 aromatic heterocycles. The molecule has 0 aliphatic carbocycles. The number of hydrogen-bond donors (Lipinski definition) is 0. The monoisotopic (exact) mass is 248 g/mol. The van der Waals surface area contributed by atoms with Crippen molar-refractivity contribution in [1.29, 1.82) is 0 Å². The van der Waals surface area contributed by atoms with Crippen LogP contribution in [0.25, 0.3) is 0 Å². The Morgan fingerprint density at radius 3 is 2.00 bits per heavy atom. The highest BCUT2D eigenvalue weighted by molar-refractivity contribution is 6.01. The van der Waals surface area contributed by atoms with Crippen LogP contribution in [0.3, 0.4) is 0 Å². The lowest BCUT2D eigenvalue weighted by molar-refractivity contribution is -0.265. The molecule has 0 N–H and O–H groups in total. The minimum Gasteiger partial charge on any atom is -0.278 e. The van der Waals surface area contributed by atoms with Crippen LogP contribution in [0, 0.1) is 11.8 Å². The Balaban J connectivity index is 2.92. The molecule has 0 amide bonds. The number of halogens is 5. The van der Waals surface area contributed by atoms with Gasteiger partial charge in [0, 0.05) is 5.56 Å². The molecule has 17 heavy (non-hydrogen) atoms. The summed E-state index contributed by atoms with van der Waals surface area (Å²) in [4.78, 5) is 10.6. The molecule has 0 saturated heterocycles. The van der Waals surface area contributed by atoms with Gasteiger partial charge in [0.1, 0.15) is 0 Å². The van der Waals surface area contributed by atoms with Gasteiger partial charge in [-0.15, -0.1) is 0 Å². The van der Waals surface area contributed by atoms with Gasteiger partial charge in [-0.1, -0.05) is 24.1 Å². The summed E-state index contributed by atoms with van der Waals surface area (Å²) in [6.45, 7) is 0. The molecule has 0 radical (unpaired) electrons. The van der Waals surface area contributed by atoms with E-state index in [1.54, 1.807) is 6.07 Å². The minimum absolute atomic E-state index is 0.179. The van der Waals surface area contributed by atoms with Crippen molar-refractivity contribution < 1.29 is 26.7 Å². The summed E-state index contributed by atoms with van der Waals surface area (Å²) in [7, 11) is 0. The molecule has 1 aromatic carbocycles. The molecule has 6 heteroatoms. The van der Waals surface area contributed by atoms with E-state index in [2.05, 4.69) is 0 Å². The number of benzene rings is 1. The fraction of sp³-hybridized carbons (Fsp3) is 0.182. The molecule has 0 aliphatic rings. The molecule has 1 rings (SSSR count). The second-order valence-corrected chi connectivity index (χ2v) is 3.02. The third-order valence-electron chi connectivity index (χ3n) is 1.74. The number of alkyl halides is 5. The summed E-state index contributed by atoms with van der Waals surface area (Å²) in [5, 5.41) is 0. The molecule has 1 nitrogen and oxygen atoms in total. The van der Waals surface area contributed by atoms with Crippen LogP contribution in [0.5, 0.6) is 0 Å². The van der Waals surface area contributed by atoms with Crippen molar-refractivity contribution in [1.82, 2.24) is 0 Å². The van der Waals surface area contributed by atoms with E-state index < -0.39 is 17.9 Å². The van der Waals surface area contributed by atoms with Gasteiger partial charge in [-0.25, -0.2) is 0 Å². The van der Waals surface area contributed by atoms with E-state index in [4.69, 9.17) is 0 Å². The van der Waals surface area contributed by atoms with Crippen LogP contribution in [0.1, 0.15) is 5.56 Å². The van der Waals surface area contributed by atoms with Crippen LogP contribution in [-0.2, 0) is 4.79 Å².